The molecule has 0 spiro atoms. The fourth-order valence-electron chi connectivity index (χ4n) is 2.67. The second-order valence-corrected chi connectivity index (χ2v) is 7.97. The van der Waals surface area contributed by atoms with E-state index in [1.165, 1.54) is 4.57 Å². The lowest BCUT2D eigenvalue weighted by Crippen LogP contribution is -2.09. The Morgan fingerprint density at radius 3 is 2.71 bits per heavy atom. The van der Waals surface area contributed by atoms with E-state index < -0.39 is 15.6 Å². The minimum absolute atomic E-state index is 0.0197. The van der Waals surface area contributed by atoms with Gasteiger partial charge in [-0.05, 0) is 35.7 Å². The molecule has 0 aliphatic rings. The van der Waals surface area contributed by atoms with Crippen LogP contribution in [0.25, 0.3) is 22.2 Å². The second kappa shape index (κ2) is 6.24. The molecule has 0 aliphatic heterocycles. The molecule has 126 valence electrons. The molecule has 1 aromatic carbocycles. The topological polar surface area (TPSA) is 82.2 Å². The van der Waals surface area contributed by atoms with E-state index in [0.29, 0.717) is 23.1 Å². The van der Waals surface area contributed by atoms with Crippen molar-refractivity contribution in [2.45, 2.75) is 19.1 Å². The number of sulfone groups is 1. The third-order valence-corrected chi connectivity index (χ3v) is 5.62. The van der Waals surface area contributed by atoms with E-state index in [1.54, 1.807) is 25.5 Å². The quantitative estimate of drug-likeness (QED) is 0.709. The minimum atomic E-state index is -3.12. The van der Waals surface area contributed by atoms with Gasteiger partial charge in [0.25, 0.3) is 0 Å². The van der Waals surface area contributed by atoms with Crippen LogP contribution in [0.2, 0.25) is 0 Å². The molecule has 24 heavy (non-hydrogen) atoms. The monoisotopic (exact) mass is 346 g/mol. The van der Waals surface area contributed by atoms with Crippen molar-refractivity contribution in [3.05, 3.63) is 52.8 Å². The van der Waals surface area contributed by atoms with E-state index in [1.807, 2.05) is 25.1 Å². The van der Waals surface area contributed by atoms with E-state index in [9.17, 15) is 13.2 Å². The molecule has 0 N–H and O–H groups in total. The van der Waals surface area contributed by atoms with Gasteiger partial charge in [-0.15, -0.1) is 0 Å². The zero-order valence-electron chi connectivity index (χ0n) is 13.5. The highest BCUT2D eigenvalue weighted by Crippen LogP contribution is 2.24. The van der Waals surface area contributed by atoms with Crippen molar-refractivity contribution in [2.75, 3.05) is 5.75 Å². The molecule has 3 rings (SSSR count). The zero-order chi connectivity index (χ0) is 17.3. The summed E-state index contributed by atoms with van der Waals surface area (Å²) in [6.07, 6.45) is 3.85. The van der Waals surface area contributed by atoms with Gasteiger partial charge in [-0.25, -0.2) is 13.2 Å². The maximum absolute atomic E-state index is 12.0. The number of aryl methyl sites for hydroxylation is 1. The Hall–Kier alpha value is -2.41. The Bertz CT molecular complexity index is 1050. The van der Waals surface area contributed by atoms with Gasteiger partial charge in [0, 0.05) is 25.0 Å². The van der Waals surface area contributed by atoms with Gasteiger partial charge in [0.2, 0.25) is 0 Å². The fourth-order valence-corrected chi connectivity index (χ4v) is 4.10. The third-order valence-electron chi connectivity index (χ3n) is 3.82. The van der Waals surface area contributed by atoms with Crippen molar-refractivity contribution < 1.29 is 12.8 Å². The molecule has 0 atom stereocenters. The normalized spacial score (nSPS) is 11.9. The summed E-state index contributed by atoms with van der Waals surface area (Å²) in [5, 5.41) is 0. The van der Waals surface area contributed by atoms with Crippen LogP contribution >= 0.6 is 0 Å². The first kappa shape index (κ1) is 16.4. The number of benzene rings is 1. The highest BCUT2D eigenvalue weighted by molar-refractivity contribution is 7.90. The van der Waals surface area contributed by atoms with Crippen molar-refractivity contribution in [2.24, 2.45) is 7.05 Å². The van der Waals surface area contributed by atoms with Gasteiger partial charge in [-0.2, -0.15) is 0 Å². The van der Waals surface area contributed by atoms with E-state index >= 15 is 0 Å². The number of pyridine rings is 1. The number of aromatic nitrogens is 2. The molecule has 2 heterocycles. The van der Waals surface area contributed by atoms with Crippen molar-refractivity contribution in [1.29, 1.82) is 0 Å². The first-order valence-corrected chi connectivity index (χ1v) is 9.46. The Labute approximate surface area is 139 Å². The van der Waals surface area contributed by atoms with E-state index in [0.717, 1.165) is 11.1 Å². The summed E-state index contributed by atoms with van der Waals surface area (Å²) in [6.45, 7) is 1.84. The maximum atomic E-state index is 12.0. The summed E-state index contributed by atoms with van der Waals surface area (Å²) in [5.41, 5.74) is 3.50. The predicted molar refractivity (Wildman–Crippen MR) is 92.5 cm³/mol. The predicted octanol–water partition coefficient (Wildman–Crippen LogP) is 2.52. The third kappa shape index (κ3) is 3.26. The Morgan fingerprint density at radius 1 is 1.17 bits per heavy atom. The highest BCUT2D eigenvalue weighted by Gasteiger charge is 2.12. The van der Waals surface area contributed by atoms with Crippen LogP contribution in [-0.2, 0) is 22.6 Å². The Balaban J connectivity index is 2.00. The number of rotatable bonds is 5. The van der Waals surface area contributed by atoms with Crippen LogP contribution in [0.4, 0.5) is 0 Å². The van der Waals surface area contributed by atoms with Gasteiger partial charge in [-0.1, -0.05) is 13.0 Å². The Morgan fingerprint density at radius 2 is 1.96 bits per heavy atom. The summed E-state index contributed by atoms with van der Waals surface area (Å²) < 4.78 is 30.5. The average Bonchev–Trinajstić information content (AvgIpc) is 2.81. The number of nitrogens with zero attached hydrogens (tertiary/aromatic N) is 2. The van der Waals surface area contributed by atoms with E-state index in [2.05, 4.69) is 4.98 Å². The largest absolute Gasteiger partial charge is 0.419 e. The van der Waals surface area contributed by atoms with Crippen LogP contribution in [-0.4, -0.2) is 23.7 Å². The second-order valence-electron chi connectivity index (χ2n) is 5.78. The number of hydrogen-bond acceptors (Lipinski definition) is 5. The zero-order valence-corrected chi connectivity index (χ0v) is 14.3. The summed E-state index contributed by atoms with van der Waals surface area (Å²) in [4.78, 5) is 15.7. The average molecular weight is 346 g/mol. The maximum Gasteiger partial charge on any atom is 0.419 e. The van der Waals surface area contributed by atoms with Crippen LogP contribution in [0, 0.1) is 0 Å². The molecular weight excluding hydrogens is 328 g/mol. The van der Waals surface area contributed by atoms with Crippen molar-refractivity contribution in [3.63, 3.8) is 0 Å². The number of oxazole rings is 1. The van der Waals surface area contributed by atoms with E-state index in [4.69, 9.17) is 4.42 Å². The number of hydrogen-bond donors (Lipinski definition) is 0. The highest BCUT2D eigenvalue weighted by atomic mass is 32.2. The molecule has 0 fully saturated rings. The molecule has 7 heteroatoms. The molecule has 0 saturated carbocycles. The van der Waals surface area contributed by atoms with Crippen LogP contribution in [0.15, 0.2) is 45.9 Å². The molecular formula is C17H18N2O4S. The van der Waals surface area contributed by atoms with Crippen LogP contribution in [0.3, 0.4) is 0 Å². The van der Waals surface area contributed by atoms with Gasteiger partial charge < -0.3 is 4.42 Å². The molecule has 3 aromatic rings. The lowest BCUT2D eigenvalue weighted by atomic mass is 10.1. The lowest BCUT2D eigenvalue weighted by molar-refractivity contribution is 0.528. The molecule has 0 bridgehead atoms. The molecule has 0 radical (unpaired) electrons. The smallest absolute Gasteiger partial charge is 0.408 e. The standard InChI is InChI=1S/C17H18N2O4S/c1-3-6-24(21,22)11-12-7-14(10-18-9-12)13-4-5-16-15(8-13)19(2)17(20)23-16/h4-5,7-10H,3,6,11H2,1-2H3. The molecule has 6 nitrogen and oxygen atoms in total. The Kier molecular flexibility index (Phi) is 4.28. The minimum Gasteiger partial charge on any atom is -0.408 e. The van der Waals surface area contributed by atoms with Gasteiger partial charge in [0.15, 0.2) is 15.4 Å². The molecule has 0 saturated heterocycles. The van der Waals surface area contributed by atoms with Crippen LogP contribution < -0.4 is 5.76 Å². The molecule has 0 amide bonds. The lowest BCUT2D eigenvalue weighted by Gasteiger charge is -2.06. The fraction of sp³-hybridized carbons (Fsp3) is 0.294. The summed E-state index contributed by atoms with van der Waals surface area (Å²) in [6, 6.07) is 7.21. The van der Waals surface area contributed by atoms with Crippen molar-refractivity contribution in [3.8, 4) is 11.1 Å². The first-order chi connectivity index (χ1) is 11.4. The molecule has 0 unspecified atom stereocenters. The van der Waals surface area contributed by atoms with Gasteiger partial charge in [0.05, 0.1) is 17.0 Å². The van der Waals surface area contributed by atoms with E-state index in [-0.39, 0.29) is 11.5 Å². The van der Waals surface area contributed by atoms with Gasteiger partial charge >= 0.3 is 5.76 Å². The van der Waals surface area contributed by atoms with Crippen LogP contribution in [0.1, 0.15) is 18.9 Å². The summed E-state index contributed by atoms with van der Waals surface area (Å²) in [7, 11) is -1.48. The van der Waals surface area contributed by atoms with Crippen molar-refractivity contribution in [1.82, 2.24) is 9.55 Å². The van der Waals surface area contributed by atoms with Crippen molar-refractivity contribution >= 4 is 20.9 Å². The molecule has 0 aliphatic carbocycles. The number of fused-ring (bicyclic) bond motifs is 1. The first-order valence-electron chi connectivity index (χ1n) is 7.64. The SMILES string of the molecule is CCCS(=O)(=O)Cc1cncc(-c2ccc3oc(=O)n(C)c3c2)c1. The summed E-state index contributed by atoms with van der Waals surface area (Å²) >= 11 is 0. The van der Waals surface area contributed by atoms with Gasteiger partial charge in [-0.3, -0.25) is 9.55 Å². The van der Waals surface area contributed by atoms with Gasteiger partial charge in [0.1, 0.15) is 0 Å². The summed E-state index contributed by atoms with van der Waals surface area (Å²) in [5.74, 6) is -0.270. The molecule has 2 aromatic heterocycles. The van der Waals surface area contributed by atoms with Crippen LogP contribution in [0.5, 0.6) is 0 Å².